The first-order valence-corrected chi connectivity index (χ1v) is 7.38. The molecule has 2 aromatic carbocycles. The fourth-order valence-corrected chi connectivity index (χ4v) is 3.20. The molecule has 19 heavy (non-hydrogen) atoms. The molecule has 0 amide bonds. The van der Waals surface area contributed by atoms with Crippen LogP contribution in [0, 0.1) is 0 Å². The summed E-state index contributed by atoms with van der Waals surface area (Å²) in [4.78, 5) is 0.291. The van der Waals surface area contributed by atoms with Crippen molar-refractivity contribution in [2.75, 3.05) is 12.8 Å². The zero-order valence-electron chi connectivity index (χ0n) is 10.5. The molecule has 4 nitrogen and oxygen atoms in total. The number of benzene rings is 2. The van der Waals surface area contributed by atoms with Gasteiger partial charge < -0.3 is 10.5 Å². The first-order valence-electron chi connectivity index (χ1n) is 5.73. The minimum absolute atomic E-state index is 0.134. The van der Waals surface area contributed by atoms with Crippen LogP contribution < -0.4 is 10.5 Å². The summed E-state index contributed by atoms with van der Waals surface area (Å²) in [5.74, 6) is 0.388. The molecule has 0 saturated carbocycles. The van der Waals surface area contributed by atoms with E-state index in [-0.39, 0.29) is 5.75 Å². The van der Waals surface area contributed by atoms with Crippen LogP contribution in [0.1, 0.15) is 5.56 Å². The van der Waals surface area contributed by atoms with E-state index in [4.69, 9.17) is 10.5 Å². The van der Waals surface area contributed by atoms with E-state index >= 15 is 0 Å². The molecule has 0 saturated heterocycles. The first kappa shape index (κ1) is 13.4. The van der Waals surface area contributed by atoms with Crippen molar-refractivity contribution < 1.29 is 13.2 Å². The van der Waals surface area contributed by atoms with E-state index in [1.54, 1.807) is 48.5 Å². The molecule has 0 unspecified atom stereocenters. The van der Waals surface area contributed by atoms with Crippen LogP contribution in [0.2, 0.25) is 0 Å². The highest BCUT2D eigenvalue weighted by Gasteiger charge is 2.17. The molecule has 0 radical (unpaired) electrons. The Kier molecular flexibility index (Phi) is 3.76. The van der Waals surface area contributed by atoms with Crippen LogP contribution in [-0.4, -0.2) is 15.5 Å². The van der Waals surface area contributed by atoms with Gasteiger partial charge >= 0.3 is 0 Å². The van der Waals surface area contributed by atoms with Gasteiger partial charge in [-0.1, -0.05) is 18.2 Å². The summed E-state index contributed by atoms with van der Waals surface area (Å²) in [5, 5.41) is 0. The largest absolute Gasteiger partial charge is 0.496 e. The van der Waals surface area contributed by atoms with Crippen LogP contribution in [0.25, 0.3) is 0 Å². The third kappa shape index (κ3) is 3.06. The average molecular weight is 277 g/mol. The Hall–Kier alpha value is -2.01. The number of rotatable bonds is 4. The summed E-state index contributed by atoms with van der Waals surface area (Å²) in [6.45, 7) is 0. The van der Waals surface area contributed by atoms with Crippen molar-refractivity contribution in [3.8, 4) is 5.75 Å². The van der Waals surface area contributed by atoms with Gasteiger partial charge in [0.2, 0.25) is 0 Å². The van der Waals surface area contributed by atoms with Gasteiger partial charge in [-0.25, -0.2) is 8.42 Å². The molecular formula is C14H15NO3S. The molecule has 0 heterocycles. The van der Waals surface area contributed by atoms with Gasteiger partial charge in [-0.2, -0.15) is 0 Å². The van der Waals surface area contributed by atoms with Gasteiger partial charge in [0.05, 0.1) is 17.8 Å². The molecule has 5 heteroatoms. The molecule has 2 N–H and O–H groups in total. The first-order chi connectivity index (χ1) is 9.03. The lowest BCUT2D eigenvalue weighted by Crippen LogP contribution is -2.06. The van der Waals surface area contributed by atoms with E-state index in [0.29, 0.717) is 21.9 Å². The Morgan fingerprint density at radius 3 is 2.42 bits per heavy atom. The lowest BCUT2D eigenvalue weighted by atomic mass is 10.2. The van der Waals surface area contributed by atoms with Crippen LogP contribution in [-0.2, 0) is 15.6 Å². The summed E-state index contributed by atoms with van der Waals surface area (Å²) < 4.78 is 29.7. The Balaban J connectivity index is 2.38. The van der Waals surface area contributed by atoms with Gasteiger partial charge in [0.1, 0.15) is 5.75 Å². The van der Waals surface area contributed by atoms with Crippen LogP contribution in [0.5, 0.6) is 5.75 Å². The Morgan fingerprint density at radius 1 is 1.11 bits per heavy atom. The Labute approximate surface area is 112 Å². The van der Waals surface area contributed by atoms with E-state index in [9.17, 15) is 8.42 Å². The number of nitrogens with two attached hydrogens (primary N) is 1. The Bertz CT molecular complexity index is 666. The molecule has 2 aromatic rings. The third-order valence-corrected chi connectivity index (χ3v) is 4.43. The quantitative estimate of drug-likeness (QED) is 0.870. The Morgan fingerprint density at radius 2 is 1.79 bits per heavy atom. The molecule has 0 aromatic heterocycles. The molecule has 0 spiro atoms. The number of methoxy groups -OCH3 is 1. The zero-order chi connectivity index (χ0) is 13.9. The fourth-order valence-electron chi connectivity index (χ4n) is 1.83. The van der Waals surface area contributed by atoms with Crippen LogP contribution >= 0.6 is 0 Å². The van der Waals surface area contributed by atoms with Crippen LogP contribution in [0.15, 0.2) is 53.4 Å². The summed E-state index contributed by atoms with van der Waals surface area (Å²) in [6, 6.07) is 13.3. The second-order valence-corrected chi connectivity index (χ2v) is 6.13. The van der Waals surface area contributed by atoms with E-state index in [0.717, 1.165) is 0 Å². The maximum absolute atomic E-state index is 12.3. The highest BCUT2D eigenvalue weighted by molar-refractivity contribution is 7.90. The van der Waals surface area contributed by atoms with Crippen molar-refractivity contribution in [2.45, 2.75) is 10.6 Å². The number of hydrogen-bond donors (Lipinski definition) is 1. The molecule has 0 aliphatic heterocycles. The van der Waals surface area contributed by atoms with Crippen LogP contribution in [0.3, 0.4) is 0 Å². The van der Waals surface area contributed by atoms with Gasteiger partial charge in [0.25, 0.3) is 0 Å². The molecule has 0 atom stereocenters. The predicted molar refractivity (Wildman–Crippen MR) is 74.7 cm³/mol. The van der Waals surface area contributed by atoms with E-state index < -0.39 is 9.84 Å². The van der Waals surface area contributed by atoms with Crippen molar-refractivity contribution in [3.63, 3.8) is 0 Å². The summed E-state index contributed by atoms with van der Waals surface area (Å²) in [5.41, 5.74) is 6.76. The monoisotopic (exact) mass is 277 g/mol. The highest BCUT2D eigenvalue weighted by atomic mass is 32.2. The van der Waals surface area contributed by atoms with Gasteiger partial charge in [0.15, 0.2) is 9.84 Å². The average Bonchev–Trinajstić information content (AvgIpc) is 2.39. The van der Waals surface area contributed by atoms with E-state index in [1.165, 1.54) is 7.11 Å². The second kappa shape index (κ2) is 5.32. The minimum Gasteiger partial charge on any atom is -0.496 e. The lowest BCUT2D eigenvalue weighted by Gasteiger charge is -2.10. The van der Waals surface area contributed by atoms with Crippen LogP contribution in [0.4, 0.5) is 5.69 Å². The van der Waals surface area contributed by atoms with Gasteiger partial charge in [-0.3, -0.25) is 0 Å². The topological polar surface area (TPSA) is 69.4 Å². The number of anilines is 1. The number of hydrogen-bond acceptors (Lipinski definition) is 4. The molecule has 0 fully saturated rings. The van der Waals surface area contributed by atoms with Crippen molar-refractivity contribution in [1.82, 2.24) is 0 Å². The van der Waals surface area contributed by atoms with Gasteiger partial charge in [-0.05, 0) is 30.3 Å². The number of sulfone groups is 1. The SMILES string of the molecule is COc1ccc(N)cc1CS(=O)(=O)c1ccccc1. The molecular weight excluding hydrogens is 262 g/mol. The van der Waals surface area contributed by atoms with E-state index in [2.05, 4.69) is 0 Å². The van der Waals surface area contributed by atoms with Crippen molar-refractivity contribution in [1.29, 1.82) is 0 Å². The lowest BCUT2D eigenvalue weighted by molar-refractivity contribution is 0.411. The molecule has 0 bridgehead atoms. The third-order valence-electron chi connectivity index (χ3n) is 2.75. The molecule has 0 aliphatic carbocycles. The molecule has 2 rings (SSSR count). The maximum Gasteiger partial charge on any atom is 0.182 e. The second-order valence-electron chi connectivity index (χ2n) is 4.14. The van der Waals surface area contributed by atoms with E-state index in [1.807, 2.05) is 0 Å². The number of ether oxygens (including phenoxy) is 1. The highest BCUT2D eigenvalue weighted by Crippen LogP contribution is 2.25. The minimum atomic E-state index is -3.40. The summed E-state index contributed by atoms with van der Waals surface area (Å²) >= 11 is 0. The molecule has 100 valence electrons. The summed E-state index contributed by atoms with van der Waals surface area (Å²) in [7, 11) is -1.89. The maximum atomic E-state index is 12.3. The summed E-state index contributed by atoms with van der Waals surface area (Å²) in [6.07, 6.45) is 0. The molecule has 0 aliphatic rings. The van der Waals surface area contributed by atoms with Gasteiger partial charge in [0, 0.05) is 11.3 Å². The smallest absolute Gasteiger partial charge is 0.182 e. The fraction of sp³-hybridized carbons (Fsp3) is 0.143. The van der Waals surface area contributed by atoms with Crippen molar-refractivity contribution in [2.24, 2.45) is 0 Å². The van der Waals surface area contributed by atoms with Crippen molar-refractivity contribution >= 4 is 15.5 Å². The predicted octanol–water partition coefficient (Wildman–Crippen LogP) is 2.25. The van der Waals surface area contributed by atoms with Gasteiger partial charge in [-0.15, -0.1) is 0 Å². The van der Waals surface area contributed by atoms with Crippen molar-refractivity contribution in [3.05, 3.63) is 54.1 Å². The number of nitrogen functional groups attached to an aromatic ring is 1. The standard InChI is InChI=1S/C14H15NO3S/c1-18-14-8-7-12(15)9-11(14)10-19(16,17)13-5-3-2-4-6-13/h2-9H,10,15H2,1H3. The zero-order valence-corrected chi connectivity index (χ0v) is 11.4. The normalized spacial score (nSPS) is 11.2.